The normalized spacial score (nSPS) is 10.6. The topological polar surface area (TPSA) is 77.5 Å². The first-order valence-corrected chi connectivity index (χ1v) is 6.39. The number of carbonyl (C=O) groups excluding carboxylic acids is 1. The monoisotopic (exact) mass is 282 g/mol. The largest absolute Gasteiger partial charge is 0.497 e. The molecule has 0 bridgehead atoms. The van der Waals surface area contributed by atoms with Crippen molar-refractivity contribution in [1.82, 2.24) is 5.43 Å². The van der Waals surface area contributed by atoms with E-state index >= 15 is 0 Å². The van der Waals surface area contributed by atoms with Gasteiger partial charge in [0.1, 0.15) is 11.3 Å². The maximum absolute atomic E-state index is 11.6. The van der Waals surface area contributed by atoms with Crippen LogP contribution in [0.25, 0.3) is 22.1 Å². The molecule has 1 heterocycles. The Morgan fingerprint density at radius 1 is 1.19 bits per heavy atom. The van der Waals surface area contributed by atoms with Gasteiger partial charge in [-0.2, -0.15) is 0 Å². The minimum atomic E-state index is -0.334. The third kappa shape index (κ3) is 2.34. The van der Waals surface area contributed by atoms with Crippen LogP contribution in [0.4, 0.5) is 0 Å². The molecule has 0 aliphatic heterocycles. The number of furan rings is 1. The summed E-state index contributed by atoms with van der Waals surface area (Å²) in [6.07, 6.45) is 1.68. The highest BCUT2D eigenvalue weighted by Crippen LogP contribution is 2.32. The van der Waals surface area contributed by atoms with Crippen LogP contribution in [-0.4, -0.2) is 13.0 Å². The maximum Gasteiger partial charge on any atom is 0.265 e. The van der Waals surface area contributed by atoms with Gasteiger partial charge in [0.25, 0.3) is 5.91 Å². The number of methoxy groups -OCH3 is 1. The highest BCUT2D eigenvalue weighted by molar-refractivity contribution is 6.01. The van der Waals surface area contributed by atoms with Gasteiger partial charge in [-0.3, -0.25) is 10.2 Å². The molecular formula is C16H14N2O3. The first kappa shape index (κ1) is 13.2. The van der Waals surface area contributed by atoms with E-state index in [0.29, 0.717) is 5.56 Å². The van der Waals surface area contributed by atoms with Gasteiger partial charge in [0.15, 0.2) is 0 Å². The number of benzene rings is 2. The molecule has 1 aromatic heterocycles. The molecule has 3 aromatic rings. The van der Waals surface area contributed by atoms with Crippen molar-refractivity contribution in [2.24, 2.45) is 5.84 Å². The van der Waals surface area contributed by atoms with E-state index in [9.17, 15) is 4.79 Å². The molecule has 21 heavy (non-hydrogen) atoms. The second-order valence-corrected chi connectivity index (χ2v) is 4.56. The van der Waals surface area contributed by atoms with Gasteiger partial charge >= 0.3 is 0 Å². The van der Waals surface area contributed by atoms with Gasteiger partial charge in [-0.25, -0.2) is 5.84 Å². The Labute approximate surface area is 121 Å². The third-order valence-electron chi connectivity index (χ3n) is 3.37. The van der Waals surface area contributed by atoms with Crippen molar-refractivity contribution in [1.29, 1.82) is 0 Å². The number of nitrogens with one attached hydrogen (secondary N) is 1. The Balaban J connectivity index is 2.11. The zero-order chi connectivity index (χ0) is 14.8. The van der Waals surface area contributed by atoms with Gasteiger partial charge in [0.2, 0.25) is 0 Å². The molecule has 3 N–H and O–H groups in total. The summed E-state index contributed by atoms with van der Waals surface area (Å²) in [5, 5.41) is 0.862. The van der Waals surface area contributed by atoms with Crippen LogP contribution in [0.3, 0.4) is 0 Å². The van der Waals surface area contributed by atoms with E-state index in [4.69, 9.17) is 15.0 Å². The molecule has 0 saturated carbocycles. The predicted octanol–water partition coefficient (Wildman–Crippen LogP) is 2.71. The van der Waals surface area contributed by atoms with Crippen molar-refractivity contribution in [3.05, 3.63) is 54.3 Å². The third-order valence-corrected chi connectivity index (χ3v) is 3.37. The van der Waals surface area contributed by atoms with Crippen LogP contribution in [0.1, 0.15) is 10.4 Å². The Hall–Kier alpha value is -2.79. The molecule has 0 radical (unpaired) electrons. The number of amides is 1. The lowest BCUT2D eigenvalue weighted by atomic mass is 10.0. The lowest BCUT2D eigenvalue weighted by Gasteiger charge is -2.03. The highest BCUT2D eigenvalue weighted by Gasteiger charge is 2.11. The number of rotatable bonds is 3. The van der Waals surface area contributed by atoms with Gasteiger partial charge in [-0.05, 0) is 35.9 Å². The van der Waals surface area contributed by atoms with E-state index in [1.165, 1.54) is 0 Å². The fraction of sp³-hybridized carbons (Fsp3) is 0.0625. The van der Waals surface area contributed by atoms with E-state index in [2.05, 4.69) is 5.43 Å². The zero-order valence-corrected chi connectivity index (χ0v) is 11.4. The number of carbonyl (C=O) groups is 1. The summed E-state index contributed by atoms with van der Waals surface area (Å²) < 4.78 is 10.7. The highest BCUT2D eigenvalue weighted by atomic mass is 16.5. The van der Waals surface area contributed by atoms with Gasteiger partial charge in [0.05, 0.1) is 13.4 Å². The summed E-state index contributed by atoms with van der Waals surface area (Å²) in [6, 6.07) is 12.8. The second-order valence-electron chi connectivity index (χ2n) is 4.56. The number of hydrogen-bond donors (Lipinski definition) is 2. The van der Waals surface area contributed by atoms with E-state index in [0.717, 1.165) is 27.8 Å². The molecule has 0 unspecified atom stereocenters. The average Bonchev–Trinajstić information content (AvgIpc) is 2.97. The van der Waals surface area contributed by atoms with Crippen molar-refractivity contribution in [3.8, 4) is 16.9 Å². The van der Waals surface area contributed by atoms with Crippen LogP contribution in [0.2, 0.25) is 0 Å². The summed E-state index contributed by atoms with van der Waals surface area (Å²) >= 11 is 0. The van der Waals surface area contributed by atoms with Crippen LogP contribution in [-0.2, 0) is 0 Å². The molecule has 106 valence electrons. The smallest absolute Gasteiger partial charge is 0.265 e. The molecule has 0 aliphatic carbocycles. The first-order valence-electron chi connectivity index (χ1n) is 6.39. The number of fused-ring (bicyclic) bond motifs is 1. The molecule has 0 aliphatic rings. The summed E-state index contributed by atoms with van der Waals surface area (Å²) in [4.78, 5) is 11.6. The standard InChI is InChI=1S/C16H14N2O3/c1-20-12-5-2-10(3-6-12)14-9-21-15-7-4-11(8-13(14)15)16(19)18-17/h2-9H,17H2,1H3,(H,18,19). The molecule has 0 fully saturated rings. The number of nitrogen functional groups attached to an aromatic ring is 1. The Morgan fingerprint density at radius 3 is 2.62 bits per heavy atom. The molecule has 0 saturated heterocycles. The minimum absolute atomic E-state index is 0.334. The van der Waals surface area contributed by atoms with E-state index < -0.39 is 0 Å². The Morgan fingerprint density at radius 2 is 1.95 bits per heavy atom. The lowest BCUT2D eigenvalue weighted by molar-refractivity contribution is 0.0954. The van der Waals surface area contributed by atoms with Crippen molar-refractivity contribution in [3.63, 3.8) is 0 Å². The quantitative estimate of drug-likeness (QED) is 0.440. The van der Waals surface area contributed by atoms with Crippen LogP contribution in [0.5, 0.6) is 5.75 Å². The van der Waals surface area contributed by atoms with E-state index in [-0.39, 0.29) is 5.91 Å². The lowest BCUT2D eigenvalue weighted by Crippen LogP contribution is -2.29. The van der Waals surface area contributed by atoms with Crippen LogP contribution in [0.15, 0.2) is 53.1 Å². The van der Waals surface area contributed by atoms with Gasteiger partial charge in [-0.15, -0.1) is 0 Å². The first-order chi connectivity index (χ1) is 10.2. The summed E-state index contributed by atoms with van der Waals surface area (Å²) in [6.45, 7) is 0. The van der Waals surface area contributed by atoms with Gasteiger partial charge in [-0.1, -0.05) is 12.1 Å². The summed E-state index contributed by atoms with van der Waals surface area (Å²) in [5.74, 6) is 5.62. The van der Waals surface area contributed by atoms with E-state index in [1.54, 1.807) is 31.6 Å². The molecule has 0 atom stereocenters. The van der Waals surface area contributed by atoms with Crippen molar-refractivity contribution < 1.29 is 13.9 Å². The van der Waals surface area contributed by atoms with Crippen molar-refractivity contribution >= 4 is 16.9 Å². The molecule has 5 heteroatoms. The Kier molecular flexibility index (Phi) is 3.33. The van der Waals surface area contributed by atoms with Gasteiger partial charge < -0.3 is 9.15 Å². The molecule has 3 rings (SSSR count). The molecule has 2 aromatic carbocycles. The number of ether oxygens (including phenoxy) is 1. The van der Waals surface area contributed by atoms with Crippen LogP contribution in [0, 0.1) is 0 Å². The van der Waals surface area contributed by atoms with Gasteiger partial charge in [0, 0.05) is 16.5 Å². The van der Waals surface area contributed by atoms with E-state index in [1.807, 2.05) is 24.3 Å². The minimum Gasteiger partial charge on any atom is -0.497 e. The number of nitrogens with two attached hydrogens (primary N) is 1. The molecule has 1 amide bonds. The zero-order valence-electron chi connectivity index (χ0n) is 11.4. The summed E-state index contributed by atoms with van der Waals surface area (Å²) in [5.41, 5.74) is 5.23. The average molecular weight is 282 g/mol. The maximum atomic E-state index is 11.6. The molecule has 5 nitrogen and oxygen atoms in total. The molecular weight excluding hydrogens is 268 g/mol. The summed E-state index contributed by atoms with van der Waals surface area (Å²) in [7, 11) is 1.62. The SMILES string of the molecule is COc1ccc(-c2coc3ccc(C(=O)NN)cc23)cc1. The number of hydrazine groups is 1. The fourth-order valence-corrected chi connectivity index (χ4v) is 2.25. The molecule has 0 spiro atoms. The number of hydrogen-bond acceptors (Lipinski definition) is 4. The van der Waals surface area contributed by atoms with Crippen molar-refractivity contribution in [2.75, 3.05) is 7.11 Å². The predicted molar refractivity (Wildman–Crippen MR) is 79.9 cm³/mol. The second kappa shape index (κ2) is 5.30. The van der Waals surface area contributed by atoms with Crippen LogP contribution < -0.4 is 16.0 Å². The Bertz CT molecular complexity index is 791. The van der Waals surface area contributed by atoms with Crippen molar-refractivity contribution in [2.45, 2.75) is 0 Å². The van der Waals surface area contributed by atoms with Crippen LogP contribution >= 0.6 is 0 Å². The fourth-order valence-electron chi connectivity index (χ4n) is 2.25.